The highest BCUT2D eigenvalue weighted by atomic mass is 19.1. The van der Waals surface area contributed by atoms with Crippen molar-refractivity contribution in [3.8, 4) is 11.5 Å². The summed E-state index contributed by atoms with van der Waals surface area (Å²) < 4.78 is 23.7. The molecule has 0 aliphatic carbocycles. The minimum absolute atomic E-state index is 0.159. The van der Waals surface area contributed by atoms with Gasteiger partial charge in [0.2, 0.25) is 5.91 Å². The molecule has 0 spiro atoms. The van der Waals surface area contributed by atoms with E-state index in [0.717, 1.165) is 6.42 Å². The summed E-state index contributed by atoms with van der Waals surface area (Å²) in [7, 11) is 3.39. The number of carbonyl (C=O) groups excluding carboxylic acids is 2. The molecule has 0 bridgehead atoms. The van der Waals surface area contributed by atoms with E-state index in [1.165, 1.54) is 12.1 Å². The summed E-state index contributed by atoms with van der Waals surface area (Å²) in [5, 5.41) is 5.65. The maximum atomic E-state index is 12.9. The molecule has 0 unspecified atom stereocenters. The smallest absolute Gasteiger partial charge is 0.255 e. The van der Waals surface area contributed by atoms with Gasteiger partial charge in [-0.2, -0.15) is 0 Å². The summed E-state index contributed by atoms with van der Waals surface area (Å²) >= 11 is 0. The van der Waals surface area contributed by atoms with Crippen molar-refractivity contribution in [2.75, 3.05) is 44.5 Å². The number of carbonyl (C=O) groups is 2. The first-order chi connectivity index (χ1) is 16.4. The van der Waals surface area contributed by atoms with Crippen molar-refractivity contribution in [2.24, 2.45) is 0 Å². The number of halogens is 1. The van der Waals surface area contributed by atoms with Crippen LogP contribution in [0.5, 0.6) is 11.5 Å². The lowest BCUT2D eigenvalue weighted by atomic mass is 10.2. The maximum Gasteiger partial charge on any atom is 0.255 e. The number of hydrogen-bond acceptors (Lipinski definition) is 5. The van der Waals surface area contributed by atoms with Gasteiger partial charge in [-0.15, -0.1) is 0 Å². The van der Waals surface area contributed by atoms with Crippen LogP contribution in [0.1, 0.15) is 16.8 Å². The molecule has 8 heteroatoms. The number of para-hydroxylation sites is 2. The second-order valence-corrected chi connectivity index (χ2v) is 7.67. The number of ether oxygens (including phenoxy) is 2. The fourth-order valence-corrected chi connectivity index (χ4v) is 3.23. The molecule has 3 aromatic carbocycles. The third-order valence-corrected chi connectivity index (χ3v) is 4.97. The van der Waals surface area contributed by atoms with Gasteiger partial charge in [-0.25, -0.2) is 4.39 Å². The van der Waals surface area contributed by atoms with Crippen molar-refractivity contribution >= 4 is 23.2 Å². The SMILES string of the molecule is COc1ccccc1NC(=O)c1ccc(NC(=O)CN(C)CCCOc2ccc(F)cc2)cc1. The third kappa shape index (κ3) is 7.60. The Morgan fingerprint density at radius 1 is 0.941 bits per heavy atom. The molecule has 0 fully saturated rings. The van der Waals surface area contributed by atoms with Crippen molar-refractivity contribution in [1.29, 1.82) is 0 Å². The van der Waals surface area contributed by atoms with Crippen LogP contribution in [0.3, 0.4) is 0 Å². The normalized spacial score (nSPS) is 10.6. The fourth-order valence-electron chi connectivity index (χ4n) is 3.23. The van der Waals surface area contributed by atoms with Crippen molar-refractivity contribution in [3.05, 3.63) is 84.2 Å². The van der Waals surface area contributed by atoms with Gasteiger partial charge in [-0.3, -0.25) is 14.5 Å². The van der Waals surface area contributed by atoms with Crippen LogP contribution in [0.25, 0.3) is 0 Å². The molecule has 2 N–H and O–H groups in total. The predicted octanol–water partition coefficient (Wildman–Crippen LogP) is 4.43. The number of hydrogen-bond donors (Lipinski definition) is 2. The van der Waals surface area contributed by atoms with Crippen molar-refractivity contribution < 1.29 is 23.5 Å². The molecule has 178 valence electrons. The summed E-state index contributed by atoms with van der Waals surface area (Å²) in [5.74, 6) is 0.453. The van der Waals surface area contributed by atoms with E-state index in [1.54, 1.807) is 55.6 Å². The zero-order valence-corrected chi connectivity index (χ0v) is 19.2. The Morgan fingerprint density at radius 3 is 2.35 bits per heavy atom. The summed E-state index contributed by atoms with van der Waals surface area (Å²) in [6.45, 7) is 1.35. The molecule has 0 heterocycles. The van der Waals surface area contributed by atoms with Crippen LogP contribution in [0.4, 0.5) is 15.8 Å². The minimum atomic E-state index is -0.302. The largest absolute Gasteiger partial charge is 0.495 e. The number of nitrogens with zero attached hydrogens (tertiary/aromatic N) is 1. The molecule has 0 aliphatic rings. The van der Waals surface area contributed by atoms with Gasteiger partial charge in [0.15, 0.2) is 0 Å². The van der Waals surface area contributed by atoms with Crippen LogP contribution in [-0.2, 0) is 4.79 Å². The standard InChI is InChI=1S/C26H28FN3O4/c1-30(16-5-17-34-22-14-10-20(27)11-15-22)18-25(31)28-21-12-8-19(9-13-21)26(32)29-23-6-3-4-7-24(23)33-2/h3-4,6-15H,5,16-18H2,1-2H3,(H,28,31)(H,29,32). The van der Waals surface area contributed by atoms with E-state index in [9.17, 15) is 14.0 Å². The maximum absolute atomic E-state index is 12.9. The van der Waals surface area contributed by atoms with E-state index in [-0.39, 0.29) is 24.2 Å². The van der Waals surface area contributed by atoms with Gasteiger partial charge < -0.3 is 20.1 Å². The Balaban J connectivity index is 1.40. The van der Waals surface area contributed by atoms with Gasteiger partial charge in [0, 0.05) is 17.8 Å². The monoisotopic (exact) mass is 465 g/mol. The highest BCUT2D eigenvalue weighted by molar-refractivity contribution is 6.05. The average Bonchev–Trinajstić information content (AvgIpc) is 2.83. The summed E-state index contributed by atoms with van der Waals surface area (Å²) in [4.78, 5) is 26.7. The van der Waals surface area contributed by atoms with E-state index >= 15 is 0 Å². The zero-order chi connectivity index (χ0) is 24.3. The first-order valence-corrected chi connectivity index (χ1v) is 10.9. The number of anilines is 2. The van der Waals surface area contributed by atoms with Gasteiger partial charge in [-0.05, 0) is 74.1 Å². The van der Waals surface area contributed by atoms with E-state index in [2.05, 4.69) is 10.6 Å². The second kappa shape index (κ2) is 12.4. The molecule has 2 amide bonds. The fraction of sp³-hybridized carbons (Fsp3) is 0.231. The van der Waals surface area contributed by atoms with Crippen LogP contribution < -0.4 is 20.1 Å². The number of likely N-dealkylation sites (N-methyl/N-ethyl adjacent to an activating group) is 1. The van der Waals surface area contributed by atoms with Crippen LogP contribution in [0.15, 0.2) is 72.8 Å². The lowest BCUT2D eigenvalue weighted by Gasteiger charge is -2.16. The Hall–Kier alpha value is -3.91. The zero-order valence-electron chi connectivity index (χ0n) is 19.2. The topological polar surface area (TPSA) is 79.9 Å². The van der Waals surface area contributed by atoms with E-state index in [4.69, 9.17) is 9.47 Å². The molecule has 0 aliphatic heterocycles. The summed E-state index contributed by atoms with van der Waals surface area (Å²) in [6.07, 6.45) is 0.719. The molecular weight excluding hydrogens is 437 g/mol. The first kappa shape index (κ1) is 24.7. The molecule has 7 nitrogen and oxygen atoms in total. The van der Waals surface area contributed by atoms with Gasteiger partial charge in [-0.1, -0.05) is 12.1 Å². The Kier molecular flexibility index (Phi) is 8.99. The number of amides is 2. The third-order valence-electron chi connectivity index (χ3n) is 4.97. The Bertz CT molecular complexity index is 1090. The molecule has 0 atom stereocenters. The molecule has 3 aromatic rings. The Morgan fingerprint density at radius 2 is 1.65 bits per heavy atom. The van der Waals surface area contributed by atoms with E-state index < -0.39 is 0 Å². The van der Waals surface area contributed by atoms with Crippen molar-refractivity contribution in [2.45, 2.75) is 6.42 Å². The van der Waals surface area contributed by atoms with Gasteiger partial charge >= 0.3 is 0 Å². The number of rotatable bonds is 11. The minimum Gasteiger partial charge on any atom is -0.495 e. The quantitative estimate of drug-likeness (QED) is 0.410. The molecule has 0 radical (unpaired) electrons. The van der Waals surface area contributed by atoms with Gasteiger partial charge in [0.1, 0.15) is 17.3 Å². The predicted molar refractivity (Wildman–Crippen MR) is 130 cm³/mol. The molecule has 0 aromatic heterocycles. The van der Waals surface area contributed by atoms with Gasteiger partial charge in [0.25, 0.3) is 5.91 Å². The van der Waals surface area contributed by atoms with Crippen LogP contribution in [0.2, 0.25) is 0 Å². The second-order valence-electron chi connectivity index (χ2n) is 7.67. The number of benzene rings is 3. The van der Waals surface area contributed by atoms with Crippen LogP contribution in [0, 0.1) is 5.82 Å². The van der Waals surface area contributed by atoms with E-state index in [1.807, 2.05) is 24.1 Å². The number of methoxy groups -OCH3 is 1. The highest BCUT2D eigenvalue weighted by Crippen LogP contribution is 2.24. The lowest BCUT2D eigenvalue weighted by Crippen LogP contribution is -2.31. The average molecular weight is 466 g/mol. The van der Waals surface area contributed by atoms with Crippen molar-refractivity contribution in [3.63, 3.8) is 0 Å². The lowest BCUT2D eigenvalue weighted by molar-refractivity contribution is -0.117. The van der Waals surface area contributed by atoms with Crippen LogP contribution in [-0.4, -0.2) is 50.6 Å². The summed E-state index contributed by atoms with van der Waals surface area (Å²) in [5.41, 5.74) is 1.65. The van der Waals surface area contributed by atoms with Gasteiger partial charge in [0.05, 0.1) is 25.9 Å². The van der Waals surface area contributed by atoms with E-state index in [0.29, 0.717) is 41.6 Å². The first-order valence-electron chi connectivity index (χ1n) is 10.9. The molecule has 0 saturated heterocycles. The molecule has 0 saturated carbocycles. The van der Waals surface area contributed by atoms with Crippen LogP contribution >= 0.6 is 0 Å². The molecule has 3 rings (SSSR count). The summed E-state index contributed by atoms with van der Waals surface area (Å²) in [6, 6.07) is 19.7. The highest BCUT2D eigenvalue weighted by Gasteiger charge is 2.11. The molecular formula is C26H28FN3O4. The Labute approximate surface area is 198 Å². The molecule has 34 heavy (non-hydrogen) atoms. The number of nitrogens with one attached hydrogen (secondary N) is 2. The van der Waals surface area contributed by atoms with Crippen molar-refractivity contribution in [1.82, 2.24) is 4.90 Å².